The predicted molar refractivity (Wildman–Crippen MR) is 116 cm³/mol. The van der Waals surface area contributed by atoms with Crippen LogP contribution >= 0.6 is 23.1 Å². The molecule has 0 aliphatic heterocycles. The van der Waals surface area contributed by atoms with Gasteiger partial charge in [-0.25, -0.2) is 9.37 Å². The van der Waals surface area contributed by atoms with Gasteiger partial charge < -0.3 is 5.32 Å². The van der Waals surface area contributed by atoms with Gasteiger partial charge in [0.25, 0.3) is 5.56 Å². The SMILES string of the molecule is CCCNC(=O)CSc1nc2sc3c(c2c(=O)n1-c1ccc(F)cc1)CCCC3. The van der Waals surface area contributed by atoms with Crippen molar-refractivity contribution in [2.75, 3.05) is 12.3 Å². The average Bonchev–Trinajstić information content (AvgIpc) is 3.10. The summed E-state index contributed by atoms with van der Waals surface area (Å²) in [5.41, 5.74) is 1.53. The van der Waals surface area contributed by atoms with E-state index in [0.29, 0.717) is 22.8 Å². The summed E-state index contributed by atoms with van der Waals surface area (Å²) in [6, 6.07) is 5.81. The second-order valence-corrected chi connectivity index (χ2v) is 9.07. The minimum atomic E-state index is -0.364. The minimum absolute atomic E-state index is 0.0951. The van der Waals surface area contributed by atoms with Crippen molar-refractivity contribution in [1.29, 1.82) is 0 Å². The third-order valence-corrected chi connectivity index (χ3v) is 7.07. The zero-order valence-corrected chi connectivity index (χ0v) is 17.8. The number of thioether (sulfide) groups is 1. The number of hydrogen-bond donors (Lipinski definition) is 1. The molecular formula is C21H22FN3O2S2. The first-order valence-electron chi connectivity index (χ1n) is 9.81. The van der Waals surface area contributed by atoms with Gasteiger partial charge in [-0.05, 0) is 61.9 Å². The van der Waals surface area contributed by atoms with Gasteiger partial charge in [-0.15, -0.1) is 11.3 Å². The van der Waals surface area contributed by atoms with E-state index >= 15 is 0 Å². The van der Waals surface area contributed by atoms with Gasteiger partial charge in [0, 0.05) is 11.4 Å². The number of aromatic nitrogens is 2. The number of thiophene rings is 1. The number of carbonyl (C=O) groups excluding carboxylic acids is 1. The van der Waals surface area contributed by atoms with Crippen molar-refractivity contribution in [1.82, 2.24) is 14.9 Å². The molecule has 1 aliphatic carbocycles. The quantitative estimate of drug-likeness (QED) is 0.472. The number of halogens is 1. The predicted octanol–water partition coefficient (Wildman–Crippen LogP) is 4.08. The lowest BCUT2D eigenvalue weighted by atomic mass is 9.97. The second kappa shape index (κ2) is 8.67. The molecule has 0 atom stereocenters. The molecule has 0 fully saturated rings. The Morgan fingerprint density at radius 2 is 2.03 bits per heavy atom. The van der Waals surface area contributed by atoms with Crippen molar-refractivity contribution in [2.24, 2.45) is 0 Å². The Labute approximate surface area is 176 Å². The number of aryl methyl sites for hydroxylation is 2. The first kappa shape index (κ1) is 20.1. The molecule has 4 rings (SSSR count). The average molecular weight is 432 g/mol. The molecule has 3 aromatic rings. The van der Waals surface area contributed by atoms with E-state index in [-0.39, 0.29) is 23.0 Å². The fourth-order valence-corrected chi connectivity index (χ4v) is 5.69. The molecule has 0 saturated heterocycles. The van der Waals surface area contributed by atoms with Gasteiger partial charge in [0.15, 0.2) is 5.16 Å². The van der Waals surface area contributed by atoms with Gasteiger partial charge in [-0.1, -0.05) is 18.7 Å². The lowest BCUT2D eigenvalue weighted by Gasteiger charge is -2.13. The summed E-state index contributed by atoms with van der Waals surface area (Å²) in [7, 11) is 0. The molecular weight excluding hydrogens is 409 g/mol. The van der Waals surface area contributed by atoms with Crippen LogP contribution in [-0.4, -0.2) is 27.8 Å². The van der Waals surface area contributed by atoms with Gasteiger partial charge in [0.05, 0.1) is 16.8 Å². The fraction of sp³-hybridized carbons (Fsp3) is 0.381. The van der Waals surface area contributed by atoms with Crippen LogP contribution < -0.4 is 10.9 Å². The Balaban J connectivity index is 1.81. The van der Waals surface area contributed by atoms with Crippen LogP contribution in [0.5, 0.6) is 0 Å². The van der Waals surface area contributed by atoms with Crippen LogP contribution in [0.15, 0.2) is 34.2 Å². The van der Waals surface area contributed by atoms with Crippen molar-refractivity contribution in [3.8, 4) is 5.69 Å². The highest BCUT2D eigenvalue weighted by atomic mass is 32.2. The molecule has 2 aromatic heterocycles. The molecule has 5 nitrogen and oxygen atoms in total. The molecule has 1 N–H and O–H groups in total. The van der Waals surface area contributed by atoms with Crippen molar-refractivity contribution in [3.63, 3.8) is 0 Å². The molecule has 0 saturated carbocycles. The highest BCUT2D eigenvalue weighted by Crippen LogP contribution is 2.35. The molecule has 0 bridgehead atoms. The molecule has 152 valence electrons. The van der Waals surface area contributed by atoms with Crippen molar-refractivity contribution in [3.05, 3.63) is 50.9 Å². The summed E-state index contributed by atoms with van der Waals surface area (Å²) < 4.78 is 15.0. The minimum Gasteiger partial charge on any atom is -0.355 e. The van der Waals surface area contributed by atoms with E-state index in [1.165, 1.54) is 33.3 Å². The number of amides is 1. The first-order valence-corrected chi connectivity index (χ1v) is 11.6. The third kappa shape index (κ3) is 4.09. The summed E-state index contributed by atoms with van der Waals surface area (Å²) in [5, 5.41) is 3.97. The monoisotopic (exact) mass is 431 g/mol. The summed E-state index contributed by atoms with van der Waals surface area (Å²) in [4.78, 5) is 32.3. The number of fused-ring (bicyclic) bond motifs is 3. The normalized spacial score (nSPS) is 13.4. The van der Waals surface area contributed by atoms with Gasteiger partial charge in [0.1, 0.15) is 10.6 Å². The number of nitrogens with zero attached hydrogens (tertiary/aromatic N) is 2. The molecule has 1 aliphatic rings. The maximum atomic E-state index is 13.5. The Hall–Kier alpha value is -2.19. The van der Waals surface area contributed by atoms with Crippen molar-refractivity contribution < 1.29 is 9.18 Å². The van der Waals surface area contributed by atoms with E-state index < -0.39 is 0 Å². The van der Waals surface area contributed by atoms with E-state index in [1.807, 2.05) is 6.92 Å². The summed E-state index contributed by atoms with van der Waals surface area (Å²) in [6.45, 7) is 2.61. The Morgan fingerprint density at radius 1 is 1.28 bits per heavy atom. The first-order chi connectivity index (χ1) is 14.1. The van der Waals surface area contributed by atoms with Crippen molar-refractivity contribution >= 4 is 39.2 Å². The van der Waals surface area contributed by atoms with Crippen LogP contribution in [0, 0.1) is 5.82 Å². The highest BCUT2D eigenvalue weighted by molar-refractivity contribution is 7.99. The molecule has 0 unspecified atom stereocenters. The van der Waals surface area contributed by atoms with Crippen LogP contribution in [0.1, 0.15) is 36.6 Å². The molecule has 8 heteroatoms. The Bertz CT molecular complexity index is 1110. The number of carbonyl (C=O) groups is 1. The van der Waals surface area contributed by atoms with E-state index in [4.69, 9.17) is 4.98 Å². The van der Waals surface area contributed by atoms with Crippen molar-refractivity contribution in [2.45, 2.75) is 44.2 Å². The zero-order chi connectivity index (χ0) is 20.4. The van der Waals surface area contributed by atoms with Crippen LogP contribution in [0.3, 0.4) is 0 Å². The lowest BCUT2D eigenvalue weighted by Crippen LogP contribution is -2.27. The topological polar surface area (TPSA) is 64.0 Å². The van der Waals surface area contributed by atoms with Gasteiger partial charge in [-0.2, -0.15) is 0 Å². The number of rotatable bonds is 6. The standard InChI is InChI=1S/C21H22FN3O2S2/c1-2-11-23-17(26)12-28-21-24-19-18(15-5-3-4-6-16(15)29-19)20(27)25(21)14-9-7-13(22)8-10-14/h7-10H,2-6,11-12H2,1H3,(H,23,26). The Kier molecular flexibility index (Phi) is 6.01. The number of hydrogen-bond acceptors (Lipinski definition) is 5. The van der Waals surface area contributed by atoms with Crippen LogP contribution in [0.2, 0.25) is 0 Å². The van der Waals surface area contributed by atoms with E-state index in [2.05, 4.69) is 5.32 Å². The molecule has 1 amide bonds. The molecule has 0 spiro atoms. The Morgan fingerprint density at radius 3 is 2.79 bits per heavy atom. The van der Waals surface area contributed by atoms with Crippen LogP contribution in [0.4, 0.5) is 4.39 Å². The molecule has 1 aromatic carbocycles. The third-order valence-electron chi connectivity index (χ3n) is 4.95. The van der Waals surface area contributed by atoms with E-state index in [1.54, 1.807) is 23.5 Å². The largest absolute Gasteiger partial charge is 0.355 e. The van der Waals surface area contributed by atoms with E-state index in [9.17, 15) is 14.0 Å². The smallest absolute Gasteiger partial charge is 0.267 e. The summed E-state index contributed by atoms with van der Waals surface area (Å²) >= 11 is 2.82. The molecule has 2 heterocycles. The van der Waals surface area contributed by atoms with Crippen LogP contribution in [-0.2, 0) is 17.6 Å². The maximum Gasteiger partial charge on any atom is 0.267 e. The number of benzene rings is 1. The summed E-state index contributed by atoms with van der Waals surface area (Å²) in [6.07, 6.45) is 4.94. The zero-order valence-electron chi connectivity index (χ0n) is 16.2. The maximum absolute atomic E-state index is 13.5. The number of nitrogens with one attached hydrogen (secondary N) is 1. The molecule has 29 heavy (non-hydrogen) atoms. The van der Waals surface area contributed by atoms with E-state index in [0.717, 1.165) is 42.5 Å². The van der Waals surface area contributed by atoms with Gasteiger partial charge in [0.2, 0.25) is 5.91 Å². The lowest BCUT2D eigenvalue weighted by molar-refractivity contribution is -0.118. The van der Waals surface area contributed by atoms with Gasteiger partial charge in [-0.3, -0.25) is 14.2 Å². The molecule has 0 radical (unpaired) electrons. The van der Waals surface area contributed by atoms with Gasteiger partial charge >= 0.3 is 0 Å². The van der Waals surface area contributed by atoms with Crippen LogP contribution in [0.25, 0.3) is 15.9 Å². The highest BCUT2D eigenvalue weighted by Gasteiger charge is 2.23. The fourth-order valence-electron chi connectivity index (χ4n) is 3.55. The summed E-state index contributed by atoms with van der Waals surface area (Å²) in [5.74, 6) is -0.288. The second-order valence-electron chi connectivity index (χ2n) is 7.04.